The Labute approximate surface area is 190 Å². The summed E-state index contributed by atoms with van der Waals surface area (Å²) in [5.41, 5.74) is 2.78. The number of nitrogens with zero attached hydrogens (tertiary/aromatic N) is 2. The quantitative estimate of drug-likeness (QED) is 0.579. The van der Waals surface area contributed by atoms with E-state index in [1.807, 2.05) is 18.2 Å². The van der Waals surface area contributed by atoms with Crippen molar-refractivity contribution in [3.05, 3.63) is 82.0 Å². The van der Waals surface area contributed by atoms with E-state index in [1.165, 1.54) is 29.0 Å². The lowest BCUT2D eigenvalue weighted by atomic mass is 10.0. The molecule has 0 fully saturated rings. The number of para-hydroxylation sites is 1. The van der Waals surface area contributed by atoms with Crippen LogP contribution in [0.2, 0.25) is 0 Å². The fourth-order valence-corrected chi connectivity index (χ4v) is 4.76. The number of nitrogens with one attached hydrogen (secondary N) is 1. The smallest absolute Gasteiger partial charge is 0.262 e. The van der Waals surface area contributed by atoms with Gasteiger partial charge in [-0.05, 0) is 29.7 Å². The highest BCUT2D eigenvalue weighted by Crippen LogP contribution is 2.37. The van der Waals surface area contributed by atoms with E-state index < -0.39 is 11.7 Å². The summed E-state index contributed by atoms with van der Waals surface area (Å²) in [5.74, 6) is -0.919. The van der Waals surface area contributed by atoms with Gasteiger partial charge in [0.25, 0.3) is 5.91 Å². The van der Waals surface area contributed by atoms with Crippen LogP contribution in [0.1, 0.15) is 21.6 Å². The van der Waals surface area contributed by atoms with E-state index in [0.29, 0.717) is 10.6 Å². The average Bonchev–Trinajstić information content (AvgIpc) is 3.10. The minimum absolute atomic E-state index is 0. The summed E-state index contributed by atoms with van der Waals surface area (Å²) in [7, 11) is 0. The highest BCUT2D eigenvalue weighted by Gasteiger charge is 2.25. The number of halogens is 2. The van der Waals surface area contributed by atoms with Gasteiger partial charge in [0.05, 0.1) is 5.56 Å². The molecule has 0 atom stereocenters. The summed E-state index contributed by atoms with van der Waals surface area (Å²) in [5, 5.41) is 12.9. The molecule has 2 heterocycles. The first-order chi connectivity index (χ1) is 14.6. The Bertz CT molecular complexity index is 1100. The molecule has 1 aliphatic rings. The van der Waals surface area contributed by atoms with Gasteiger partial charge in [0.15, 0.2) is 18.2 Å². The summed E-state index contributed by atoms with van der Waals surface area (Å²) in [6, 6.07) is 18.4. The molecule has 31 heavy (non-hydrogen) atoms. The molecule has 8 heteroatoms. The van der Waals surface area contributed by atoms with Crippen molar-refractivity contribution in [1.29, 1.82) is 5.26 Å². The van der Waals surface area contributed by atoms with Gasteiger partial charge in [-0.3, -0.25) is 9.69 Å². The average molecular weight is 458 g/mol. The molecule has 5 nitrogen and oxygen atoms in total. The van der Waals surface area contributed by atoms with Crippen LogP contribution in [0.3, 0.4) is 0 Å². The highest BCUT2D eigenvalue weighted by molar-refractivity contribution is 7.16. The largest absolute Gasteiger partial charge is 0.481 e. The van der Waals surface area contributed by atoms with Gasteiger partial charge >= 0.3 is 0 Å². The summed E-state index contributed by atoms with van der Waals surface area (Å²) in [6.45, 7) is 2.12. The van der Waals surface area contributed by atoms with Gasteiger partial charge in [0.1, 0.15) is 11.1 Å². The number of carbonyl (C=O) groups excluding carboxylic acids is 1. The van der Waals surface area contributed by atoms with Crippen LogP contribution in [0.4, 0.5) is 9.39 Å². The first-order valence-corrected chi connectivity index (χ1v) is 10.4. The Kier molecular flexibility index (Phi) is 7.64. The zero-order valence-corrected chi connectivity index (χ0v) is 18.3. The van der Waals surface area contributed by atoms with Gasteiger partial charge < -0.3 is 10.1 Å². The molecule has 0 spiro atoms. The van der Waals surface area contributed by atoms with Crippen molar-refractivity contribution in [2.75, 3.05) is 18.5 Å². The van der Waals surface area contributed by atoms with E-state index in [1.54, 1.807) is 12.1 Å². The number of nitriles is 1. The number of hydrogen-bond donors (Lipinski definition) is 1. The molecule has 0 bridgehead atoms. The van der Waals surface area contributed by atoms with E-state index in [2.05, 4.69) is 28.4 Å². The molecule has 1 aromatic heterocycles. The molecule has 0 aliphatic carbocycles. The maximum absolute atomic E-state index is 13.6. The number of benzene rings is 2. The third-order valence-corrected chi connectivity index (χ3v) is 6.08. The van der Waals surface area contributed by atoms with Crippen molar-refractivity contribution >= 4 is 34.7 Å². The van der Waals surface area contributed by atoms with E-state index in [-0.39, 0.29) is 24.8 Å². The molecule has 0 saturated heterocycles. The lowest BCUT2D eigenvalue weighted by molar-refractivity contribution is -0.118. The summed E-state index contributed by atoms with van der Waals surface area (Å²) < 4.78 is 18.9. The molecule has 0 saturated carbocycles. The topological polar surface area (TPSA) is 65.4 Å². The zero-order valence-electron chi connectivity index (χ0n) is 16.6. The molecule has 1 N–H and O–H groups in total. The van der Waals surface area contributed by atoms with Crippen molar-refractivity contribution in [2.45, 2.75) is 19.5 Å². The zero-order chi connectivity index (χ0) is 20.9. The number of thiophene rings is 1. The maximum atomic E-state index is 13.6. The van der Waals surface area contributed by atoms with Gasteiger partial charge in [0.2, 0.25) is 0 Å². The standard InChI is InChI=1S/C23H20FN3O2S.ClH/c24-19-8-4-5-9-20(19)29-15-22(28)26-23-18(12-25)17-10-11-27(14-21(17)30-23)13-16-6-2-1-3-7-16;/h1-9H,10-11,13-15H2,(H,26,28);1H. The number of anilines is 1. The normalized spacial score (nSPS) is 12.9. The van der Waals surface area contributed by atoms with Gasteiger partial charge in [-0.2, -0.15) is 5.26 Å². The van der Waals surface area contributed by atoms with Crippen LogP contribution in [0.5, 0.6) is 5.75 Å². The Balaban J connectivity index is 0.00000272. The highest BCUT2D eigenvalue weighted by atomic mass is 35.5. The Morgan fingerprint density at radius 1 is 1.19 bits per heavy atom. The molecular weight excluding hydrogens is 437 g/mol. The van der Waals surface area contributed by atoms with Crippen LogP contribution in [-0.4, -0.2) is 24.0 Å². The molecular formula is C23H21ClFN3O2S. The Morgan fingerprint density at radius 2 is 1.94 bits per heavy atom. The monoisotopic (exact) mass is 457 g/mol. The second-order valence-corrected chi connectivity index (χ2v) is 8.14. The molecule has 2 aromatic carbocycles. The van der Waals surface area contributed by atoms with Crippen LogP contribution in [0.25, 0.3) is 0 Å². The van der Waals surface area contributed by atoms with Crippen LogP contribution in [-0.2, 0) is 24.3 Å². The molecule has 0 unspecified atom stereocenters. The van der Waals surface area contributed by atoms with Gasteiger partial charge in [-0.15, -0.1) is 23.7 Å². The van der Waals surface area contributed by atoms with Crippen LogP contribution in [0.15, 0.2) is 54.6 Å². The predicted octanol–water partition coefficient (Wildman–Crippen LogP) is 4.76. The van der Waals surface area contributed by atoms with Crippen molar-refractivity contribution < 1.29 is 13.9 Å². The number of ether oxygens (including phenoxy) is 1. The number of rotatable bonds is 6. The van der Waals surface area contributed by atoms with E-state index >= 15 is 0 Å². The summed E-state index contributed by atoms with van der Waals surface area (Å²) >= 11 is 1.43. The fourth-order valence-electron chi connectivity index (χ4n) is 3.51. The minimum atomic E-state index is -0.520. The van der Waals surface area contributed by atoms with Crippen molar-refractivity contribution in [3.63, 3.8) is 0 Å². The molecule has 4 rings (SSSR count). The lowest BCUT2D eigenvalue weighted by Crippen LogP contribution is -2.29. The van der Waals surface area contributed by atoms with Gasteiger partial charge in [-0.25, -0.2) is 4.39 Å². The number of carbonyl (C=O) groups is 1. The Hall–Kier alpha value is -2.92. The van der Waals surface area contributed by atoms with Crippen LogP contribution < -0.4 is 10.1 Å². The third-order valence-electron chi connectivity index (χ3n) is 4.95. The van der Waals surface area contributed by atoms with Crippen molar-refractivity contribution in [1.82, 2.24) is 4.90 Å². The maximum Gasteiger partial charge on any atom is 0.262 e. The molecule has 0 radical (unpaired) electrons. The lowest BCUT2D eigenvalue weighted by Gasteiger charge is -2.26. The third kappa shape index (κ3) is 5.42. The number of fused-ring (bicyclic) bond motifs is 1. The van der Waals surface area contributed by atoms with E-state index in [0.717, 1.165) is 36.5 Å². The molecule has 3 aromatic rings. The van der Waals surface area contributed by atoms with Gasteiger partial charge in [-0.1, -0.05) is 42.5 Å². The first-order valence-electron chi connectivity index (χ1n) is 9.62. The van der Waals surface area contributed by atoms with E-state index in [9.17, 15) is 14.4 Å². The van der Waals surface area contributed by atoms with Crippen molar-refractivity contribution in [2.24, 2.45) is 0 Å². The number of hydrogen-bond acceptors (Lipinski definition) is 5. The molecule has 160 valence electrons. The Morgan fingerprint density at radius 3 is 2.68 bits per heavy atom. The van der Waals surface area contributed by atoms with Crippen LogP contribution in [0, 0.1) is 17.1 Å². The SMILES string of the molecule is Cl.N#Cc1c(NC(=O)COc2ccccc2F)sc2c1CCN(Cc1ccccc1)C2. The summed E-state index contributed by atoms with van der Waals surface area (Å²) in [4.78, 5) is 15.7. The minimum Gasteiger partial charge on any atom is -0.481 e. The predicted molar refractivity (Wildman–Crippen MR) is 121 cm³/mol. The van der Waals surface area contributed by atoms with E-state index in [4.69, 9.17) is 4.74 Å². The van der Waals surface area contributed by atoms with Crippen LogP contribution >= 0.6 is 23.7 Å². The van der Waals surface area contributed by atoms with Gasteiger partial charge in [0, 0.05) is 24.5 Å². The van der Waals surface area contributed by atoms with Crippen molar-refractivity contribution in [3.8, 4) is 11.8 Å². The second-order valence-electron chi connectivity index (χ2n) is 7.03. The first kappa shape index (κ1) is 22.8. The summed E-state index contributed by atoms with van der Waals surface area (Å²) in [6.07, 6.45) is 0.767. The second kappa shape index (κ2) is 10.4. The molecule has 1 amide bonds. The fraction of sp³-hybridized carbons (Fsp3) is 0.217. The number of amides is 1. The molecule has 1 aliphatic heterocycles.